The average Bonchev–Trinajstić information content (AvgIpc) is 2.35. The first-order valence-electron chi connectivity index (χ1n) is 5.54. The van der Waals surface area contributed by atoms with E-state index in [0.29, 0.717) is 0 Å². The van der Waals surface area contributed by atoms with Crippen LogP contribution in [0.5, 0.6) is 0 Å². The largest absolute Gasteiger partial charge is 0.481 e. The number of aliphatic carboxylic acids is 1. The fourth-order valence-electron chi connectivity index (χ4n) is 1.99. The Morgan fingerprint density at radius 3 is 2.47 bits per heavy atom. The van der Waals surface area contributed by atoms with E-state index in [2.05, 4.69) is 0 Å². The third kappa shape index (κ3) is 2.45. The average molecular weight is 230 g/mol. The lowest BCUT2D eigenvalue weighted by molar-refractivity contribution is -0.139. The molecule has 0 saturated heterocycles. The van der Waals surface area contributed by atoms with Gasteiger partial charge < -0.3 is 10.2 Å². The van der Waals surface area contributed by atoms with Crippen molar-refractivity contribution < 1.29 is 15.0 Å². The van der Waals surface area contributed by atoms with E-state index in [4.69, 9.17) is 10.2 Å². The quantitative estimate of drug-likeness (QED) is 0.847. The van der Waals surface area contributed by atoms with Crippen LogP contribution >= 0.6 is 0 Å². The van der Waals surface area contributed by atoms with E-state index < -0.39 is 11.9 Å². The maximum Gasteiger partial charge on any atom is 0.311 e. The predicted molar refractivity (Wildman–Crippen MR) is 66.0 cm³/mol. The zero-order chi connectivity index (χ0) is 12.3. The van der Waals surface area contributed by atoms with Crippen molar-refractivity contribution in [3.05, 3.63) is 48.0 Å². The molecule has 2 aromatic carbocycles. The summed E-state index contributed by atoms with van der Waals surface area (Å²) >= 11 is 0. The Balaban J connectivity index is 2.43. The van der Waals surface area contributed by atoms with Crippen LogP contribution in [0.4, 0.5) is 0 Å². The van der Waals surface area contributed by atoms with Gasteiger partial charge in [0.15, 0.2) is 0 Å². The summed E-state index contributed by atoms with van der Waals surface area (Å²) in [4.78, 5) is 11.1. The second-order valence-corrected chi connectivity index (χ2v) is 4.01. The van der Waals surface area contributed by atoms with Crippen molar-refractivity contribution in [1.82, 2.24) is 0 Å². The number of rotatable bonds is 4. The van der Waals surface area contributed by atoms with E-state index in [0.717, 1.165) is 16.3 Å². The van der Waals surface area contributed by atoms with E-state index in [1.165, 1.54) is 0 Å². The molecule has 0 bridgehead atoms. The predicted octanol–water partition coefficient (Wildman–Crippen LogP) is 2.39. The normalized spacial score (nSPS) is 12.5. The summed E-state index contributed by atoms with van der Waals surface area (Å²) in [6.07, 6.45) is 0.244. The number of carbonyl (C=O) groups is 1. The van der Waals surface area contributed by atoms with Gasteiger partial charge in [-0.15, -0.1) is 0 Å². The minimum Gasteiger partial charge on any atom is -0.481 e. The standard InChI is InChI=1S/C14H14O3/c15-8-7-13(14(16)17)12-6-5-10-3-1-2-4-11(10)9-12/h1-6,9,13,15H,7-8H2,(H,16,17). The van der Waals surface area contributed by atoms with Crippen LogP contribution in [-0.4, -0.2) is 22.8 Å². The molecule has 0 aromatic heterocycles. The van der Waals surface area contributed by atoms with Crippen LogP contribution in [0.25, 0.3) is 10.8 Å². The highest BCUT2D eigenvalue weighted by atomic mass is 16.4. The van der Waals surface area contributed by atoms with Crippen molar-refractivity contribution in [1.29, 1.82) is 0 Å². The second-order valence-electron chi connectivity index (χ2n) is 4.01. The fourth-order valence-corrected chi connectivity index (χ4v) is 1.99. The third-order valence-electron chi connectivity index (χ3n) is 2.89. The minimum atomic E-state index is -0.894. The van der Waals surface area contributed by atoms with Crippen molar-refractivity contribution in [3.8, 4) is 0 Å². The molecule has 2 rings (SSSR count). The maximum absolute atomic E-state index is 11.1. The number of aliphatic hydroxyl groups excluding tert-OH is 1. The van der Waals surface area contributed by atoms with E-state index in [1.807, 2.05) is 42.5 Å². The van der Waals surface area contributed by atoms with Crippen LogP contribution in [0.3, 0.4) is 0 Å². The van der Waals surface area contributed by atoms with Gasteiger partial charge in [0.05, 0.1) is 5.92 Å². The molecule has 3 nitrogen and oxygen atoms in total. The molecule has 2 aromatic rings. The van der Waals surface area contributed by atoms with Crippen LogP contribution in [0.1, 0.15) is 17.9 Å². The Morgan fingerprint density at radius 2 is 1.82 bits per heavy atom. The summed E-state index contributed by atoms with van der Waals surface area (Å²) in [7, 11) is 0. The summed E-state index contributed by atoms with van der Waals surface area (Å²) < 4.78 is 0. The molecule has 1 atom stereocenters. The summed E-state index contributed by atoms with van der Waals surface area (Å²) in [5.41, 5.74) is 0.741. The number of hydrogen-bond acceptors (Lipinski definition) is 2. The van der Waals surface area contributed by atoms with Gasteiger partial charge >= 0.3 is 5.97 Å². The molecular weight excluding hydrogens is 216 g/mol. The first-order valence-corrected chi connectivity index (χ1v) is 5.54. The van der Waals surface area contributed by atoms with Crippen molar-refractivity contribution in [3.63, 3.8) is 0 Å². The lowest BCUT2D eigenvalue weighted by atomic mass is 9.94. The fraction of sp³-hybridized carbons (Fsp3) is 0.214. The van der Waals surface area contributed by atoms with Gasteiger partial charge in [0, 0.05) is 6.61 Å². The van der Waals surface area contributed by atoms with E-state index in [9.17, 15) is 4.79 Å². The molecule has 0 aliphatic heterocycles. The third-order valence-corrected chi connectivity index (χ3v) is 2.89. The summed E-state index contributed by atoms with van der Waals surface area (Å²) in [5, 5.41) is 20.1. The summed E-state index contributed by atoms with van der Waals surface area (Å²) in [5.74, 6) is -1.53. The molecule has 0 fully saturated rings. The molecule has 2 N–H and O–H groups in total. The van der Waals surface area contributed by atoms with Gasteiger partial charge in [-0.1, -0.05) is 42.5 Å². The number of carboxylic acids is 1. The lowest BCUT2D eigenvalue weighted by Gasteiger charge is -2.12. The minimum absolute atomic E-state index is 0.121. The molecular formula is C14H14O3. The lowest BCUT2D eigenvalue weighted by Crippen LogP contribution is -2.13. The molecule has 17 heavy (non-hydrogen) atoms. The van der Waals surface area contributed by atoms with Crippen molar-refractivity contribution in [2.24, 2.45) is 0 Å². The van der Waals surface area contributed by atoms with Crippen molar-refractivity contribution in [2.45, 2.75) is 12.3 Å². The smallest absolute Gasteiger partial charge is 0.311 e. The van der Waals surface area contributed by atoms with Crippen LogP contribution in [0.2, 0.25) is 0 Å². The van der Waals surface area contributed by atoms with Crippen molar-refractivity contribution >= 4 is 16.7 Å². The zero-order valence-electron chi connectivity index (χ0n) is 9.34. The summed E-state index contributed by atoms with van der Waals surface area (Å²) in [6.45, 7) is -0.121. The van der Waals surface area contributed by atoms with Gasteiger partial charge in [-0.25, -0.2) is 0 Å². The molecule has 1 unspecified atom stereocenters. The van der Waals surface area contributed by atoms with Gasteiger partial charge in [0.2, 0.25) is 0 Å². The Bertz CT molecular complexity index is 534. The molecule has 0 heterocycles. The zero-order valence-corrected chi connectivity index (χ0v) is 9.34. The molecule has 0 aliphatic carbocycles. The van der Waals surface area contributed by atoms with E-state index in [1.54, 1.807) is 0 Å². The van der Waals surface area contributed by atoms with Crippen LogP contribution < -0.4 is 0 Å². The van der Waals surface area contributed by atoms with E-state index in [-0.39, 0.29) is 13.0 Å². The number of carboxylic acid groups (broad SMARTS) is 1. The van der Waals surface area contributed by atoms with Gasteiger partial charge in [0.25, 0.3) is 0 Å². The molecule has 0 radical (unpaired) electrons. The van der Waals surface area contributed by atoms with Gasteiger partial charge in [-0.05, 0) is 22.8 Å². The van der Waals surface area contributed by atoms with Crippen LogP contribution in [0, 0.1) is 0 Å². The van der Waals surface area contributed by atoms with Gasteiger partial charge in [0.1, 0.15) is 0 Å². The SMILES string of the molecule is O=C(O)C(CCO)c1ccc2ccccc2c1. The molecule has 0 saturated carbocycles. The number of benzene rings is 2. The van der Waals surface area contributed by atoms with E-state index >= 15 is 0 Å². The van der Waals surface area contributed by atoms with Gasteiger partial charge in [-0.2, -0.15) is 0 Å². The molecule has 0 spiro atoms. The number of aliphatic hydroxyl groups is 1. The highest BCUT2D eigenvalue weighted by molar-refractivity contribution is 5.85. The van der Waals surface area contributed by atoms with Gasteiger partial charge in [-0.3, -0.25) is 4.79 Å². The molecule has 0 amide bonds. The van der Waals surface area contributed by atoms with Crippen molar-refractivity contribution in [2.75, 3.05) is 6.61 Å². The topological polar surface area (TPSA) is 57.5 Å². The maximum atomic E-state index is 11.1. The highest BCUT2D eigenvalue weighted by Crippen LogP contribution is 2.24. The van der Waals surface area contributed by atoms with Crippen LogP contribution in [-0.2, 0) is 4.79 Å². The first kappa shape index (κ1) is 11.6. The summed E-state index contributed by atoms with van der Waals surface area (Å²) in [6, 6.07) is 13.4. The first-order chi connectivity index (χ1) is 8.22. The Morgan fingerprint density at radius 1 is 1.12 bits per heavy atom. The molecule has 0 aliphatic rings. The highest BCUT2D eigenvalue weighted by Gasteiger charge is 2.19. The molecule has 88 valence electrons. The Kier molecular flexibility index (Phi) is 3.40. The number of fused-ring (bicyclic) bond motifs is 1. The van der Waals surface area contributed by atoms with Crippen LogP contribution in [0.15, 0.2) is 42.5 Å². The Labute approximate surface area is 99.3 Å². The monoisotopic (exact) mass is 230 g/mol. The Hall–Kier alpha value is -1.87. The molecule has 3 heteroatoms. The second kappa shape index (κ2) is 4.97. The number of hydrogen-bond donors (Lipinski definition) is 2.